The number of halogens is 1. The minimum Gasteiger partial charge on any atom is -0.457 e. The van der Waals surface area contributed by atoms with E-state index in [0.717, 1.165) is 17.3 Å². The van der Waals surface area contributed by atoms with Crippen molar-refractivity contribution in [2.45, 2.75) is 11.7 Å². The fraction of sp³-hybridized carbons (Fsp3) is 0.125. The number of hydrogen-bond acceptors (Lipinski definition) is 4. The van der Waals surface area contributed by atoms with Gasteiger partial charge in [0.25, 0.3) is 5.24 Å². The van der Waals surface area contributed by atoms with Gasteiger partial charge in [-0.1, -0.05) is 41.6 Å². The van der Waals surface area contributed by atoms with E-state index < -0.39 is 0 Å². The maximum Gasteiger partial charge on any atom is 0.286 e. The molecule has 4 nitrogen and oxygen atoms in total. The fourth-order valence-electron chi connectivity index (χ4n) is 2.10. The van der Waals surface area contributed by atoms with E-state index >= 15 is 0 Å². The van der Waals surface area contributed by atoms with Crippen LogP contribution in [-0.4, -0.2) is 16.4 Å². The summed E-state index contributed by atoms with van der Waals surface area (Å²) < 4.78 is 5.70. The van der Waals surface area contributed by atoms with Gasteiger partial charge in [-0.2, -0.15) is 0 Å². The summed E-state index contributed by atoms with van der Waals surface area (Å²) in [5, 5.41) is 2.26. The second-order valence-electron chi connectivity index (χ2n) is 4.79. The molecule has 0 spiro atoms. The van der Waals surface area contributed by atoms with Gasteiger partial charge >= 0.3 is 0 Å². The van der Waals surface area contributed by atoms with Gasteiger partial charge in [0.05, 0.1) is 5.25 Å². The Kier molecular flexibility index (Phi) is 4.36. The van der Waals surface area contributed by atoms with Crippen molar-refractivity contribution < 1.29 is 14.3 Å². The Balaban J connectivity index is 1.65. The second kappa shape index (κ2) is 6.42. The minimum absolute atomic E-state index is 0.228. The third-order valence-electron chi connectivity index (χ3n) is 3.14. The highest BCUT2D eigenvalue weighted by atomic mass is 35.5. The predicted molar refractivity (Wildman–Crippen MR) is 86.6 cm³/mol. The molecule has 6 heteroatoms. The molecule has 1 aliphatic heterocycles. The van der Waals surface area contributed by atoms with E-state index in [9.17, 15) is 9.59 Å². The molecule has 1 unspecified atom stereocenters. The molecular weight excluding hydrogens is 322 g/mol. The highest BCUT2D eigenvalue weighted by molar-refractivity contribution is 8.15. The fourth-order valence-corrected chi connectivity index (χ4v) is 3.14. The van der Waals surface area contributed by atoms with Gasteiger partial charge in [0.1, 0.15) is 11.5 Å². The van der Waals surface area contributed by atoms with Gasteiger partial charge in [-0.3, -0.25) is 14.9 Å². The molecule has 1 heterocycles. The Morgan fingerprint density at radius 2 is 1.86 bits per heavy atom. The van der Waals surface area contributed by atoms with Crippen LogP contribution in [0.3, 0.4) is 0 Å². The molecule has 0 bridgehead atoms. The summed E-state index contributed by atoms with van der Waals surface area (Å²) >= 11 is 6.94. The Morgan fingerprint density at radius 1 is 1.09 bits per heavy atom. The maximum absolute atomic E-state index is 11.5. The summed E-state index contributed by atoms with van der Waals surface area (Å²) in [6, 6.07) is 14.6. The molecule has 2 aromatic rings. The van der Waals surface area contributed by atoms with Gasteiger partial charge in [-0.25, -0.2) is 0 Å². The largest absolute Gasteiger partial charge is 0.457 e. The predicted octanol–water partition coefficient (Wildman–Crippen LogP) is 4.03. The molecule has 0 aliphatic carbocycles. The number of ether oxygens (including phenoxy) is 1. The minimum atomic E-state index is -0.354. The number of benzene rings is 2. The Bertz CT molecular complexity index is 718. The molecule has 3 rings (SSSR count). The zero-order valence-corrected chi connectivity index (χ0v) is 13.0. The van der Waals surface area contributed by atoms with Crippen molar-refractivity contribution >= 4 is 34.5 Å². The Hall–Kier alpha value is -1.98. The van der Waals surface area contributed by atoms with Crippen molar-refractivity contribution in [3.63, 3.8) is 0 Å². The summed E-state index contributed by atoms with van der Waals surface area (Å²) in [6.07, 6.45) is 0.514. The van der Waals surface area contributed by atoms with Crippen LogP contribution in [0.4, 0.5) is 4.79 Å². The van der Waals surface area contributed by atoms with Gasteiger partial charge in [-0.05, 0) is 42.3 Å². The van der Waals surface area contributed by atoms with Gasteiger partial charge in [0.2, 0.25) is 5.91 Å². The van der Waals surface area contributed by atoms with Gasteiger partial charge in [0.15, 0.2) is 0 Å². The molecule has 1 saturated heterocycles. The number of rotatable bonds is 4. The van der Waals surface area contributed by atoms with Gasteiger partial charge < -0.3 is 4.74 Å². The number of nitrogens with one attached hydrogen (secondary N) is 1. The van der Waals surface area contributed by atoms with E-state index in [1.807, 2.05) is 36.4 Å². The summed E-state index contributed by atoms with van der Waals surface area (Å²) in [6.45, 7) is 0. The molecule has 0 aromatic heterocycles. The first-order valence-corrected chi connectivity index (χ1v) is 7.90. The lowest BCUT2D eigenvalue weighted by atomic mass is 10.1. The molecule has 2 amide bonds. The lowest BCUT2D eigenvalue weighted by Crippen LogP contribution is -2.25. The van der Waals surface area contributed by atoms with Crippen LogP contribution in [0.15, 0.2) is 48.5 Å². The monoisotopic (exact) mass is 333 g/mol. The highest BCUT2D eigenvalue weighted by Crippen LogP contribution is 2.26. The first-order chi connectivity index (χ1) is 10.6. The Labute approximate surface area is 136 Å². The second-order valence-corrected chi connectivity index (χ2v) is 6.40. The molecular formula is C16H12ClNO3S. The number of carbonyl (C=O) groups excluding carboxylic acids is 2. The standard InChI is InChI=1S/C16H12ClNO3S/c17-11-2-1-3-13(9-11)21-12-6-4-10(5-7-12)8-14-15(19)18-16(20)22-14/h1-7,9,14H,8H2,(H,18,19,20). The van der Waals surface area contributed by atoms with Crippen molar-refractivity contribution in [1.82, 2.24) is 5.32 Å². The van der Waals surface area contributed by atoms with Crippen molar-refractivity contribution in [3.05, 3.63) is 59.1 Å². The average molecular weight is 334 g/mol. The third kappa shape index (κ3) is 3.61. The molecule has 2 aromatic carbocycles. The van der Waals surface area contributed by atoms with Crippen LogP contribution in [0.5, 0.6) is 11.5 Å². The molecule has 1 fully saturated rings. The number of imide groups is 1. The quantitative estimate of drug-likeness (QED) is 0.918. The molecule has 1 atom stereocenters. The van der Waals surface area contributed by atoms with Crippen molar-refractivity contribution in [2.75, 3.05) is 0 Å². The normalized spacial score (nSPS) is 17.4. The van der Waals surface area contributed by atoms with Gasteiger partial charge in [0, 0.05) is 5.02 Å². The maximum atomic E-state index is 11.5. The molecule has 22 heavy (non-hydrogen) atoms. The number of amides is 2. The third-order valence-corrected chi connectivity index (χ3v) is 4.36. The molecule has 112 valence electrons. The first-order valence-electron chi connectivity index (χ1n) is 6.64. The van der Waals surface area contributed by atoms with E-state index in [4.69, 9.17) is 16.3 Å². The van der Waals surface area contributed by atoms with Crippen molar-refractivity contribution in [1.29, 1.82) is 0 Å². The number of carbonyl (C=O) groups is 2. The average Bonchev–Trinajstić information content (AvgIpc) is 2.79. The van der Waals surface area contributed by atoms with Crippen molar-refractivity contribution in [3.8, 4) is 11.5 Å². The van der Waals surface area contributed by atoms with Crippen molar-refractivity contribution in [2.24, 2.45) is 0 Å². The summed E-state index contributed by atoms with van der Waals surface area (Å²) in [4.78, 5) is 22.7. The van der Waals surface area contributed by atoms with Crippen LogP contribution in [0.25, 0.3) is 0 Å². The molecule has 0 saturated carbocycles. The van der Waals surface area contributed by atoms with E-state index in [0.29, 0.717) is 22.9 Å². The zero-order valence-electron chi connectivity index (χ0n) is 11.4. The van der Waals surface area contributed by atoms with Gasteiger partial charge in [-0.15, -0.1) is 0 Å². The smallest absolute Gasteiger partial charge is 0.286 e. The molecule has 1 aliphatic rings. The lowest BCUT2D eigenvalue weighted by molar-refractivity contribution is -0.118. The van der Waals surface area contributed by atoms with Crippen LogP contribution in [0.1, 0.15) is 5.56 Å². The number of thioether (sulfide) groups is 1. The summed E-state index contributed by atoms with van der Waals surface area (Å²) in [5.41, 5.74) is 0.973. The molecule has 0 radical (unpaired) electrons. The van der Waals surface area contributed by atoms with Crippen LogP contribution >= 0.6 is 23.4 Å². The lowest BCUT2D eigenvalue weighted by Gasteiger charge is -2.08. The number of hydrogen-bond donors (Lipinski definition) is 1. The highest BCUT2D eigenvalue weighted by Gasteiger charge is 2.31. The van der Waals surface area contributed by atoms with Crippen LogP contribution < -0.4 is 10.1 Å². The van der Waals surface area contributed by atoms with Crippen LogP contribution in [0.2, 0.25) is 5.02 Å². The van der Waals surface area contributed by atoms with E-state index in [1.54, 1.807) is 12.1 Å². The zero-order chi connectivity index (χ0) is 15.5. The summed E-state index contributed by atoms with van der Waals surface area (Å²) in [5.74, 6) is 1.12. The van der Waals surface area contributed by atoms with Crippen LogP contribution in [-0.2, 0) is 11.2 Å². The van der Waals surface area contributed by atoms with E-state index in [2.05, 4.69) is 5.32 Å². The first kappa shape index (κ1) is 14.9. The Morgan fingerprint density at radius 3 is 2.50 bits per heavy atom. The SMILES string of the molecule is O=C1NC(=O)C(Cc2ccc(Oc3cccc(Cl)c3)cc2)S1. The van der Waals surface area contributed by atoms with E-state index in [1.165, 1.54) is 0 Å². The van der Waals surface area contributed by atoms with Crippen LogP contribution in [0, 0.1) is 0 Å². The molecule has 1 N–H and O–H groups in total. The topological polar surface area (TPSA) is 55.4 Å². The summed E-state index contributed by atoms with van der Waals surface area (Å²) in [7, 11) is 0. The van der Waals surface area contributed by atoms with E-state index in [-0.39, 0.29) is 16.4 Å².